The number of hydrogen-bond donors (Lipinski definition) is 1. The molecule has 1 saturated heterocycles. The summed E-state index contributed by atoms with van der Waals surface area (Å²) in [5.74, 6) is 1.02. The average molecular weight is 423 g/mol. The van der Waals surface area contributed by atoms with E-state index >= 15 is 0 Å². The van der Waals surface area contributed by atoms with Crippen molar-refractivity contribution in [2.75, 3.05) is 18.9 Å². The van der Waals surface area contributed by atoms with Gasteiger partial charge in [-0.1, -0.05) is 59.3 Å². The highest BCUT2D eigenvalue weighted by atomic mass is 32.2. The summed E-state index contributed by atoms with van der Waals surface area (Å²) in [5.41, 5.74) is 4.34. The fraction of sp³-hybridized carbons (Fsp3) is 0.348. The van der Waals surface area contributed by atoms with Crippen LogP contribution >= 0.6 is 11.8 Å². The van der Waals surface area contributed by atoms with E-state index < -0.39 is 0 Å². The summed E-state index contributed by atoms with van der Waals surface area (Å²) in [6.07, 6.45) is 2.22. The van der Waals surface area contributed by atoms with Crippen LogP contribution < -0.4 is 5.32 Å². The Kier molecular flexibility index (Phi) is 6.50. The van der Waals surface area contributed by atoms with E-state index in [0.717, 1.165) is 36.5 Å². The van der Waals surface area contributed by atoms with Crippen molar-refractivity contribution < 1.29 is 9.53 Å². The summed E-state index contributed by atoms with van der Waals surface area (Å²) in [6, 6.07) is 16.5. The number of nitrogens with one attached hydrogen (secondary N) is 1. The Labute approximate surface area is 181 Å². The van der Waals surface area contributed by atoms with Gasteiger partial charge < -0.3 is 10.1 Å². The lowest BCUT2D eigenvalue weighted by Crippen LogP contribution is -2.32. The highest BCUT2D eigenvalue weighted by Crippen LogP contribution is 2.28. The summed E-state index contributed by atoms with van der Waals surface area (Å²) < 4.78 is 7.58. The number of rotatable bonds is 7. The maximum absolute atomic E-state index is 12.3. The van der Waals surface area contributed by atoms with Gasteiger partial charge in [0, 0.05) is 24.4 Å². The van der Waals surface area contributed by atoms with E-state index in [1.807, 2.05) is 16.7 Å². The minimum Gasteiger partial charge on any atom is -0.376 e. The molecule has 1 N–H and O–H groups in total. The van der Waals surface area contributed by atoms with Gasteiger partial charge in [0.15, 0.2) is 11.0 Å². The molecule has 1 fully saturated rings. The summed E-state index contributed by atoms with van der Waals surface area (Å²) >= 11 is 1.39. The Morgan fingerprint density at radius 2 is 1.80 bits per heavy atom. The lowest BCUT2D eigenvalue weighted by molar-refractivity contribution is -0.119. The quantitative estimate of drug-likeness (QED) is 0.584. The zero-order valence-electron chi connectivity index (χ0n) is 17.3. The third-order valence-electron chi connectivity index (χ3n) is 5.12. The molecule has 6 nitrogen and oxygen atoms in total. The van der Waals surface area contributed by atoms with Crippen molar-refractivity contribution in [2.45, 2.75) is 37.9 Å². The summed E-state index contributed by atoms with van der Waals surface area (Å²) in [7, 11) is 0. The zero-order chi connectivity index (χ0) is 20.9. The van der Waals surface area contributed by atoms with Gasteiger partial charge in [-0.05, 0) is 38.8 Å². The second-order valence-corrected chi connectivity index (χ2v) is 8.51. The molecule has 2 heterocycles. The van der Waals surface area contributed by atoms with Crippen LogP contribution in [0, 0.1) is 13.8 Å². The second kappa shape index (κ2) is 9.45. The molecule has 0 unspecified atom stereocenters. The number of carbonyl (C=O) groups is 1. The van der Waals surface area contributed by atoms with Gasteiger partial charge in [-0.15, -0.1) is 10.2 Å². The minimum atomic E-state index is -0.0224. The average Bonchev–Trinajstić information content (AvgIpc) is 3.42. The first-order valence-electron chi connectivity index (χ1n) is 10.2. The predicted molar refractivity (Wildman–Crippen MR) is 119 cm³/mol. The van der Waals surface area contributed by atoms with Gasteiger partial charge in [0.05, 0.1) is 11.9 Å². The number of hydrogen-bond acceptors (Lipinski definition) is 5. The van der Waals surface area contributed by atoms with Crippen LogP contribution in [0.25, 0.3) is 17.1 Å². The van der Waals surface area contributed by atoms with Crippen molar-refractivity contribution in [3.8, 4) is 17.1 Å². The molecule has 7 heteroatoms. The van der Waals surface area contributed by atoms with Crippen molar-refractivity contribution in [1.82, 2.24) is 20.1 Å². The number of aryl methyl sites for hydroxylation is 2. The summed E-state index contributed by atoms with van der Waals surface area (Å²) in [5, 5.41) is 12.5. The SMILES string of the molecule is Cc1ccc(-c2nnc(SCC(=O)NC[C@@H]3CCCO3)n2-c2ccc(C)cc2)cc1. The number of aromatic nitrogens is 3. The van der Waals surface area contributed by atoms with Crippen molar-refractivity contribution in [3.05, 3.63) is 59.7 Å². The molecule has 1 amide bonds. The van der Waals surface area contributed by atoms with Gasteiger partial charge in [0.25, 0.3) is 0 Å². The van der Waals surface area contributed by atoms with Crippen LogP contribution in [0.15, 0.2) is 53.7 Å². The Morgan fingerprint density at radius 1 is 1.10 bits per heavy atom. The second-order valence-electron chi connectivity index (χ2n) is 7.57. The Hall–Kier alpha value is -2.64. The third-order valence-corrected chi connectivity index (χ3v) is 6.05. The van der Waals surface area contributed by atoms with E-state index in [2.05, 4.69) is 65.8 Å². The molecular formula is C23H26N4O2S. The Balaban J connectivity index is 1.54. The number of benzene rings is 2. The molecule has 0 bridgehead atoms. The van der Waals surface area contributed by atoms with Crippen molar-refractivity contribution in [2.24, 2.45) is 0 Å². The molecule has 0 saturated carbocycles. The highest BCUT2D eigenvalue weighted by molar-refractivity contribution is 7.99. The Morgan fingerprint density at radius 3 is 2.47 bits per heavy atom. The van der Waals surface area contributed by atoms with Gasteiger partial charge in [-0.25, -0.2) is 0 Å². The molecule has 156 valence electrons. The molecule has 30 heavy (non-hydrogen) atoms. The Bertz CT molecular complexity index is 993. The molecule has 4 rings (SSSR count). The number of amides is 1. The van der Waals surface area contributed by atoms with E-state index in [0.29, 0.717) is 11.7 Å². The fourth-order valence-corrected chi connectivity index (χ4v) is 4.18. The van der Waals surface area contributed by atoms with Crippen LogP contribution in [-0.4, -0.2) is 45.7 Å². The first-order chi connectivity index (χ1) is 14.6. The molecule has 1 atom stereocenters. The molecule has 2 aromatic carbocycles. The maximum Gasteiger partial charge on any atom is 0.230 e. The first-order valence-corrected chi connectivity index (χ1v) is 11.2. The molecule has 0 radical (unpaired) electrons. The van der Waals surface area contributed by atoms with Crippen LogP contribution in [0.5, 0.6) is 0 Å². The van der Waals surface area contributed by atoms with Crippen LogP contribution in [0.4, 0.5) is 0 Å². The van der Waals surface area contributed by atoms with Crippen LogP contribution in [0.3, 0.4) is 0 Å². The van der Waals surface area contributed by atoms with E-state index in [1.165, 1.54) is 22.9 Å². The van der Waals surface area contributed by atoms with E-state index in [1.54, 1.807) is 0 Å². The monoisotopic (exact) mass is 422 g/mol. The van der Waals surface area contributed by atoms with Crippen LogP contribution in [0.1, 0.15) is 24.0 Å². The van der Waals surface area contributed by atoms with Crippen LogP contribution in [-0.2, 0) is 9.53 Å². The molecule has 0 spiro atoms. The number of nitrogens with zero attached hydrogens (tertiary/aromatic N) is 3. The smallest absolute Gasteiger partial charge is 0.230 e. The number of thioether (sulfide) groups is 1. The van der Waals surface area contributed by atoms with Crippen LogP contribution in [0.2, 0.25) is 0 Å². The molecule has 1 aliphatic rings. The third kappa shape index (κ3) is 4.91. The molecule has 1 aliphatic heterocycles. The maximum atomic E-state index is 12.3. The normalized spacial score (nSPS) is 16.0. The molecule has 1 aromatic heterocycles. The topological polar surface area (TPSA) is 69.0 Å². The van der Waals surface area contributed by atoms with Crippen molar-refractivity contribution in [1.29, 1.82) is 0 Å². The van der Waals surface area contributed by atoms with Gasteiger partial charge in [0.2, 0.25) is 5.91 Å². The summed E-state index contributed by atoms with van der Waals surface area (Å²) in [6.45, 7) is 5.48. The number of ether oxygens (including phenoxy) is 1. The summed E-state index contributed by atoms with van der Waals surface area (Å²) in [4.78, 5) is 12.3. The first kappa shape index (κ1) is 20.6. The molecule has 3 aromatic rings. The molecular weight excluding hydrogens is 396 g/mol. The van der Waals surface area contributed by atoms with E-state index in [4.69, 9.17) is 4.74 Å². The predicted octanol–water partition coefficient (Wildman–Crippen LogP) is 3.94. The minimum absolute atomic E-state index is 0.0224. The van der Waals surface area contributed by atoms with E-state index in [-0.39, 0.29) is 17.8 Å². The lowest BCUT2D eigenvalue weighted by Gasteiger charge is -2.12. The van der Waals surface area contributed by atoms with Crippen molar-refractivity contribution >= 4 is 17.7 Å². The van der Waals surface area contributed by atoms with Crippen molar-refractivity contribution in [3.63, 3.8) is 0 Å². The lowest BCUT2D eigenvalue weighted by atomic mass is 10.1. The van der Waals surface area contributed by atoms with Gasteiger partial charge >= 0.3 is 0 Å². The standard InChI is InChI=1S/C23H26N4O2S/c1-16-5-9-18(10-6-16)22-25-26-23(27(22)19-11-7-17(2)8-12-19)30-15-21(28)24-14-20-4-3-13-29-20/h5-12,20H,3-4,13-15H2,1-2H3,(H,24,28)/t20-/m0/s1. The molecule has 0 aliphatic carbocycles. The van der Waals surface area contributed by atoms with Gasteiger partial charge in [-0.2, -0.15) is 0 Å². The van der Waals surface area contributed by atoms with Gasteiger partial charge in [-0.3, -0.25) is 9.36 Å². The fourth-order valence-electron chi connectivity index (χ4n) is 3.39. The highest BCUT2D eigenvalue weighted by Gasteiger charge is 2.19. The largest absolute Gasteiger partial charge is 0.376 e. The number of carbonyl (C=O) groups excluding carboxylic acids is 1. The van der Waals surface area contributed by atoms with Gasteiger partial charge in [0.1, 0.15) is 0 Å². The van der Waals surface area contributed by atoms with E-state index in [9.17, 15) is 4.79 Å². The zero-order valence-corrected chi connectivity index (χ0v) is 18.1.